The minimum Gasteiger partial charge on any atom is -0.322 e. The van der Waals surface area contributed by atoms with Gasteiger partial charge in [-0.15, -0.1) is 0 Å². The summed E-state index contributed by atoms with van der Waals surface area (Å²) >= 11 is 0. The number of aryl methyl sites for hydroxylation is 1. The van der Waals surface area contributed by atoms with Gasteiger partial charge in [-0.05, 0) is 18.9 Å². The predicted octanol–water partition coefficient (Wildman–Crippen LogP) is 1.58. The Labute approximate surface area is 123 Å². The Morgan fingerprint density at radius 1 is 1.50 bits per heavy atom. The van der Waals surface area contributed by atoms with Crippen LogP contribution in [-0.4, -0.2) is 39.6 Å². The zero-order valence-corrected chi connectivity index (χ0v) is 13.1. The highest BCUT2D eigenvalue weighted by Crippen LogP contribution is 2.23. The lowest BCUT2D eigenvalue weighted by molar-refractivity contribution is -0.128. The fraction of sp³-hybridized carbons (Fsp3) is 0.533. The highest BCUT2D eigenvalue weighted by Gasteiger charge is 2.31. The van der Waals surface area contributed by atoms with Crippen LogP contribution in [0.4, 0.5) is 0 Å². The van der Waals surface area contributed by atoms with Gasteiger partial charge in [0, 0.05) is 28.9 Å². The van der Waals surface area contributed by atoms with Gasteiger partial charge in [-0.3, -0.25) is 14.3 Å². The molecule has 20 heavy (non-hydrogen) atoms. The molecule has 1 aromatic rings. The summed E-state index contributed by atoms with van der Waals surface area (Å²) in [6.45, 7) is 5.03. The highest BCUT2D eigenvalue weighted by atomic mass is 32.2. The number of carbonyl (C=O) groups excluding carboxylic acids is 1. The fourth-order valence-electron chi connectivity index (χ4n) is 2.42. The smallest absolute Gasteiger partial charge is 0.238 e. The molecule has 1 heterocycles. The average Bonchev–Trinajstić information content (AvgIpc) is 2.77. The summed E-state index contributed by atoms with van der Waals surface area (Å²) in [4.78, 5) is 13.9. The van der Waals surface area contributed by atoms with Crippen LogP contribution in [-0.2, 0) is 15.6 Å². The SMILES string of the molecule is Cc1cccc(C2NCC(=O)N2CCC(C)S(C)=O)c1. The van der Waals surface area contributed by atoms with Crippen LogP contribution in [0.1, 0.15) is 30.6 Å². The molecule has 0 saturated carbocycles. The van der Waals surface area contributed by atoms with Crippen molar-refractivity contribution in [3.8, 4) is 0 Å². The number of nitrogens with zero attached hydrogens (tertiary/aromatic N) is 1. The number of carbonyl (C=O) groups is 1. The molecule has 1 saturated heterocycles. The van der Waals surface area contributed by atoms with E-state index in [2.05, 4.69) is 11.4 Å². The minimum absolute atomic E-state index is 0.0557. The molecule has 1 aliphatic heterocycles. The van der Waals surface area contributed by atoms with Gasteiger partial charge in [0.2, 0.25) is 5.91 Å². The maximum Gasteiger partial charge on any atom is 0.238 e. The summed E-state index contributed by atoms with van der Waals surface area (Å²) in [6, 6.07) is 8.20. The Morgan fingerprint density at radius 2 is 2.25 bits per heavy atom. The molecule has 0 bridgehead atoms. The van der Waals surface area contributed by atoms with Crippen LogP contribution in [0.5, 0.6) is 0 Å². The summed E-state index contributed by atoms with van der Waals surface area (Å²) in [5.41, 5.74) is 2.30. The molecule has 1 N–H and O–H groups in total. The molecule has 1 fully saturated rings. The van der Waals surface area contributed by atoms with Gasteiger partial charge in [0.25, 0.3) is 0 Å². The van der Waals surface area contributed by atoms with Crippen LogP contribution in [0.25, 0.3) is 0 Å². The fourth-order valence-corrected chi connectivity index (χ4v) is 2.86. The predicted molar refractivity (Wildman–Crippen MR) is 81.8 cm³/mol. The lowest BCUT2D eigenvalue weighted by Gasteiger charge is -2.26. The molecule has 3 unspecified atom stereocenters. The van der Waals surface area contributed by atoms with E-state index in [-0.39, 0.29) is 17.3 Å². The number of hydrogen-bond acceptors (Lipinski definition) is 3. The third-order valence-corrected chi connectivity index (χ3v) is 5.15. The van der Waals surface area contributed by atoms with E-state index in [1.165, 1.54) is 5.56 Å². The number of hydrogen-bond donors (Lipinski definition) is 1. The maximum absolute atomic E-state index is 12.0. The molecule has 2 rings (SSSR count). The summed E-state index contributed by atoms with van der Waals surface area (Å²) in [5.74, 6) is 0.116. The third kappa shape index (κ3) is 3.46. The van der Waals surface area contributed by atoms with Crippen molar-refractivity contribution in [2.24, 2.45) is 0 Å². The number of benzene rings is 1. The van der Waals surface area contributed by atoms with Crippen molar-refractivity contribution < 1.29 is 9.00 Å². The van der Waals surface area contributed by atoms with Crippen molar-refractivity contribution in [1.29, 1.82) is 0 Å². The molecule has 0 spiro atoms. The van der Waals surface area contributed by atoms with Gasteiger partial charge in [0.1, 0.15) is 6.17 Å². The first-order chi connectivity index (χ1) is 9.49. The molecule has 1 aromatic carbocycles. The van der Waals surface area contributed by atoms with Crippen molar-refractivity contribution >= 4 is 16.7 Å². The third-order valence-electron chi connectivity index (χ3n) is 3.78. The molecule has 5 heteroatoms. The first-order valence-electron chi connectivity index (χ1n) is 6.90. The van der Waals surface area contributed by atoms with Crippen LogP contribution in [0.2, 0.25) is 0 Å². The largest absolute Gasteiger partial charge is 0.322 e. The molecule has 0 radical (unpaired) electrons. The van der Waals surface area contributed by atoms with Crippen molar-refractivity contribution in [3.63, 3.8) is 0 Å². The topological polar surface area (TPSA) is 49.4 Å². The summed E-state index contributed by atoms with van der Waals surface area (Å²) in [7, 11) is -0.839. The zero-order chi connectivity index (χ0) is 14.7. The molecule has 0 aliphatic carbocycles. The van der Waals surface area contributed by atoms with Gasteiger partial charge in [-0.25, -0.2) is 0 Å². The molecule has 1 aliphatic rings. The van der Waals surface area contributed by atoms with Crippen LogP contribution in [0.15, 0.2) is 24.3 Å². The summed E-state index contributed by atoms with van der Waals surface area (Å²) in [6.07, 6.45) is 2.42. The van der Waals surface area contributed by atoms with E-state index in [0.29, 0.717) is 13.1 Å². The Balaban J connectivity index is 2.09. The lowest BCUT2D eigenvalue weighted by Crippen LogP contribution is -2.33. The van der Waals surface area contributed by atoms with E-state index in [4.69, 9.17) is 0 Å². The van der Waals surface area contributed by atoms with Gasteiger partial charge in [0.15, 0.2) is 0 Å². The standard InChI is InChI=1S/C15H22N2O2S/c1-11-5-4-6-13(9-11)15-16-10-14(18)17(15)8-7-12(2)20(3)19/h4-6,9,12,15-16H,7-8,10H2,1-3H3. The normalized spacial score (nSPS) is 22.1. The van der Waals surface area contributed by atoms with E-state index in [9.17, 15) is 9.00 Å². The molecular formula is C15H22N2O2S. The Kier molecular flexibility index (Phi) is 4.94. The van der Waals surface area contributed by atoms with E-state index in [1.54, 1.807) is 6.26 Å². The monoisotopic (exact) mass is 294 g/mol. The molecule has 110 valence electrons. The van der Waals surface area contributed by atoms with Gasteiger partial charge in [-0.1, -0.05) is 36.8 Å². The summed E-state index contributed by atoms with van der Waals surface area (Å²) < 4.78 is 11.4. The molecular weight excluding hydrogens is 272 g/mol. The van der Waals surface area contributed by atoms with Gasteiger partial charge in [-0.2, -0.15) is 0 Å². The zero-order valence-electron chi connectivity index (χ0n) is 12.3. The van der Waals surface area contributed by atoms with Crippen molar-refractivity contribution in [3.05, 3.63) is 35.4 Å². The van der Waals surface area contributed by atoms with E-state index in [1.807, 2.05) is 36.9 Å². The summed E-state index contributed by atoms with van der Waals surface area (Å²) in [5, 5.41) is 3.37. The van der Waals surface area contributed by atoms with Crippen LogP contribution in [0, 0.1) is 6.92 Å². The van der Waals surface area contributed by atoms with Gasteiger partial charge >= 0.3 is 0 Å². The Bertz CT molecular complexity index is 518. The van der Waals surface area contributed by atoms with Crippen LogP contribution < -0.4 is 5.32 Å². The molecule has 4 nitrogen and oxygen atoms in total. The van der Waals surface area contributed by atoms with Crippen molar-refractivity contribution in [2.45, 2.75) is 31.7 Å². The second-order valence-electron chi connectivity index (χ2n) is 5.38. The molecule has 1 amide bonds. The van der Waals surface area contributed by atoms with E-state index in [0.717, 1.165) is 12.0 Å². The van der Waals surface area contributed by atoms with Crippen molar-refractivity contribution in [2.75, 3.05) is 19.3 Å². The Hall–Kier alpha value is -1.20. The number of nitrogens with one attached hydrogen (secondary N) is 1. The van der Waals surface area contributed by atoms with Gasteiger partial charge in [0.05, 0.1) is 6.54 Å². The second kappa shape index (κ2) is 6.50. The lowest BCUT2D eigenvalue weighted by atomic mass is 10.1. The van der Waals surface area contributed by atoms with Crippen molar-refractivity contribution in [1.82, 2.24) is 10.2 Å². The van der Waals surface area contributed by atoms with E-state index >= 15 is 0 Å². The second-order valence-corrected chi connectivity index (χ2v) is 7.18. The first-order valence-corrected chi connectivity index (χ1v) is 8.53. The molecule has 0 aromatic heterocycles. The average molecular weight is 294 g/mol. The Morgan fingerprint density at radius 3 is 2.90 bits per heavy atom. The quantitative estimate of drug-likeness (QED) is 0.897. The number of amides is 1. The van der Waals surface area contributed by atoms with Crippen LogP contribution >= 0.6 is 0 Å². The van der Waals surface area contributed by atoms with Gasteiger partial charge < -0.3 is 4.90 Å². The minimum atomic E-state index is -0.839. The molecule has 3 atom stereocenters. The highest BCUT2D eigenvalue weighted by molar-refractivity contribution is 7.84. The van der Waals surface area contributed by atoms with E-state index < -0.39 is 10.8 Å². The maximum atomic E-state index is 12.0. The van der Waals surface area contributed by atoms with Crippen LogP contribution in [0.3, 0.4) is 0 Å². The number of rotatable bonds is 5. The first kappa shape index (κ1) is 15.2.